The number of hydrogen-bond donors (Lipinski definition) is 0. The van der Waals surface area contributed by atoms with Gasteiger partial charge < -0.3 is 8.92 Å². The highest BCUT2D eigenvalue weighted by Gasteiger charge is 2.50. The molecular weight excluding hydrogens is 301 g/mol. The van der Waals surface area contributed by atoms with E-state index in [1.807, 2.05) is 0 Å². The fraction of sp³-hybridized carbons (Fsp3) is 0.125. The van der Waals surface area contributed by atoms with Crippen molar-refractivity contribution in [2.75, 3.05) is 0 Å². The summed E-state index contributed by atoms with van der Waals surface area (Å²) >= 11 is 5.50. The van der Waals surface area contributed by atoms with E-state index in [9.17, 15) is 26.4 Å². The zero-order chi connectivity index (χ0) is 14.0. The Morgan fingerprint density at radius 2 is 1.67 bits per heavy atom. The van der Waals surface area contributed by atoms with Crippen LogP contribution in [0.25, 0.3) is 0 Å². The molecule has 18 heavy (non-hydrogen) atoms. The van der Waals surface area contributed by atoms with Crippen LogP contribution < -0.4 is 4.74 Å². The van der Waals surface area contributed by atoms with E-state index in [1.165, 1.54) is 12.1 Å². The summed E-state index contributed by atoms with van der Waals surface area (Å²) in [6, 6.07) is 4.85. The maximum absolute atomic E-state index is 11.8. The normalized spacial score (nSPS) is 12.0. The Morgan fingerprint density at radius 1 is 1.17 bits per heavy atom. The van der Waals surface area contributed by atoms with E-state index in [0.717, 1.165) is 12.1 Å². The predicted octanol–water partition coefficient (Wildman–Crippen LogP) is 2.71. The highest BCUT2D eigenvalue weighted by molar-refractivity contribution is 7.88. The zero-order valence-electron chi connectivity index (χ0n) is 8.27. The summed E-state index contributed by atoms with van der Waals surface area (Å²) in [5.41, 5.74) is -5.70. The first-order chi connectivity index (χ1) is 8.12. The fourth-order valence-corrected chi connectivity index (χ4v) is 1.19. The third-order valence-corrected chi connectivity index (χ3v) is 2.65. The second-order valence-electron chi connectivity index (χ2n) is 2.79. The SMILES string of the molecule is O=C(Oc1ccc(Cl)cc1)OS(=O)(=O)C(F)(F)F. The molecule has 0 saturated carbocycles. The molecule has 0 fully saturated rings. The van der Waals surface area contributed by atoms with E-state index in [0.29, 0.717) is 5.02 Å². The molecule has 5 nitrogen and oxygen atoms in total. The summed E-state index contributed by atoms with van der Waals surface area (Å²) in [4.78, 5) is 10.8. The first-order valence-corrected chi connectivity index (χ1v) is 5.88. The lowest BCUT2D eigenvalue weighted by molar-refractivity contribution is -0.0526. The maximum Gasteiger partial charge on any atom is 0.534 e. The van der Waals surface area contributed by atoms with Crippen LogP contribution in [0.4, 0.5) is 18.0 Å². The zero-order valence-corrected chi connectivity index (χ0v) is 9.84. The summed E-state index contributed by atoms with van der Waals surface area (Å²) in [7, 11) is -6.03. The van der Waals surface area contributed by atoms with Crippen molar-refractivity contribution in [3.63, 3.8) is 0 Å². The van der Waals surface area contributed by atoms with Crippen LogP contribution in [0.3, 0.4) is 0 Å². The Morgan fingerprint density at radius 3 is 2.11 bits per heavy atom. The van der Waals surface area contributed by atoms with Crippen molar-refractivity contribution >= 4 is 27.9 Å². The van der Waals surface area contributed by atoms with Crippen LogP contribution in [0.1, 0.15) is 0 Å². The minimum Gasteiger partial charge on any atom is -0.394 e. The Labute approximate surface area is 104 Å². The van der Waals surface area contributed by atoms with Crippen molar-refractivity contribution < 1.29 is 35.3 Å². The van der Waals surface area contributed by atoms with Crippen molar-refractivity contribution in [1.82, 2.24) is 0 Å². The molecule has 0 aliphatic rings. The van der Waals surface area contributed by atoms with Gasteiger partial charge in [0.25, 0.3) is 0 Å². The monoisotopic (exact) mass is 304 g/mol. The molecule has 1 aromatic carbocycles. The summed E-state index contributed by atoms with van der Waals surface area (Å²) in [6.07, 6.45) is -2.02. The Balaban J connectivity index is 2.71. The van der Waals surface area contributed by atoms with Crippen LogP contribution in [-0.4, -0.2) is 20.1 Å². The molecule has 0 aliphatic carbocycles. The lowest BCUT2D eigenvalue weighted by atomic mass is 10.3. The van der Waals surface area contributed by atoms with Gasteiger partial charge in [-0.1, -0.05) is 11.6 Å². The topological polar surface area (TPSA) is 69.7 Å². The quantitative estimate of drug-likeness (QED) is 0.364. The molecule has 0 N–H and O–H groups in total. The molecule has 0 unspecified atom stereocenters. The highest BCUT2D eigenvalue weighted by atomic mass is 35.5. The lowest BCUT2D eigenvalue weighted by Crippen LogP contribution is -2.29. The smallest absolute Gasteiger partial charge is 0.394 e. The Kier molecular flexibility index (Phi) is 4.07. The van der Waals surface area contributed by atoms with Gasteiger partial charge in [0.2, 0.25) is 0 Å². The minimum absolute atomic E-state index is 0.221. The standard InChI is InChI=1S/C8H4ClF3O5S/c9-5-1-3-6(4-2-5)16-7(13)17-18(14,15)8(10,11)12/h1-4H. The maximum atomic E-state index is 11.8. The fourth-order valence-electron chi connectivity index (χ4n) is 0.753. The number of alkyl halides is 3. The van der Waals surface area contributed by atoms with Crippen LogP contribution in [0.2, 0.25) is 5.02 Å². The van der Waals surface area contributed by atoms with Gasteiger partial charge in [0.1, 0.15) is 5.75 Å². The summed E-state index contributed by atoms with van der Waals surface area (Å²) < 4.78 is 63.8. The molecule has 0 amide bonds. The van der Waals surface area contributed by atoms with Gasteiger partial charge in [0.15, 0.2) is 0 Å². The molecule has 1 aromatic rings. The Bertz CT molecular complexity index is 537. The molecule has 1 rings (SSSR count). The van der Waals surface area contributed by atoms with Gasteiger partial charge in [-0.15, -0.1) is 0 Å². The van der Waals surface area contributed by atoms with Gasteiger partial charge in [0.05, 0.1) is 0 Å². The van der Waals surface area contributed by atoms with Gasteiger partial charge in [-0.3, -0.25) is 0 Å². The molecule has 10 heteroatoms. The van der Waals surface area contributed by atoms with E-state index in [1.54, 1.807) is 0 Å². The second-order valence-corrected chi connectivity index (χ2v) is 4.76. The van der Waals surface area contributed by atoms with Crippen LogP contribution in [-0.2, 0) is 14.3 Å². The number of ether oxygens (including phenoxy) is 1. The van der Waals surface area contributed by atoms with Crippen LogP contribution >= 0.6 is 11.6 Å². The summed E-state index contributed by atoms with van der Waals surface area (Å²) in [6.45, 7) is 0. The molecule has 0 heterocycles. The minimum atomic E-state index is -6.03. The number of carbonyl (C=O) groups excluding carboxylic acids is 1. The van der Waals surface area contributed by atoms with E-state index in [2.05, 4.69) is 8.92 Å². The molecule has 0 bridgehead atoms. The number of halogens is 4. The molecule has 0 spiro atoms. The van der Waals surface area contributed by atoms with Crippen LogP contribution in [0.5, 0.6) is 5.75 Å². The van der Waals surface area contributed by atoms with Crippen molar-refractivity contribution in [1.29, 1.82) is 0 Å². The van der Waals surface area contributed by atoms with Gasteiger partial charge >= 0.3 is 21.8 Å². The van der Waals surface area contributed by atoms with E-state index in [-0.39, 0.29) is 5.75 Å². The summed E-state index contributed by atoms with van der Waals surface area (Å²) in [5, 5.41) is 0.290. The number of carbonyl (C=O) groups is 1. The molecule has 100 valence electrons. The number of hydrogen-bond acceptors (Lipinski definition) is 5. The van der Waals surface area contributed by atoms with Crippen LogP contribution in [0.15, 0.2) is 24.3 Å². The third kappa shape index (κ3) is 3.77. The number of benzene rings is 1. The Hall–Kier alpha value is -1.48. The van der Waals surface area contributed by atoms with Gasteiger partial charge in [-0.05, 0) is 24.3 Å². The first kappa shape index (κ1) is 14.6. The van der Waals surface area contributed by atoms with E-state index in [4.69, 9.17) is 11.6 Å². The van der Waals surface area contributed by atoms with Gasteiger partial charge in [-0.25, -0.2) is 4.79 Å². The van der Waals surface area contributed by atoms with Gasteiger partial charge in [0, 0.05) is 5.02 Å². The number of rotatable bonds is 2. The van der Waals surface area contributed by atoms with Gasteiger partial charge in [-0.2, -0.15) is 21.6 Å². The first-order valence-electron chi connectivity index (χ1n) is 4.10. The largest absolute Gasteiger partial charge is 0.534 e. The molecular formula is C8H4ClF3O5S. The van der Waals surface area contributed by atoms with Crippen molar-refractivity contribution in [3.8, 4) is 5.75 Å². The van der Waals surface area contributed by atoms with Crippen molar-refractivity contribution in [2.24, 2.45) is 0 Å². The second kappa shape index (κ2) is 5.02. The van der Waals surface area contributed by atoms with E-state index < -0.39 is 21.8 Å². The molecule has 0 radical (unpaired) electrons. The highest BCUT2D eigenvalue weighted by Crippen LogP contribution is 2.25. The molecule has 0 aromatic heterocycles. The molecule has 0 atom stereocenters. The predicted molar refractivity (Wildman–Crippen MR) is 53.5 cm³/mol. The third-order valence-electron chi connectivity index (χ3n) is 1.48. The molecule has 0 aliphatic heterocycles. The average molecular weight is 305 g/mol. The summed E-state index contributed by atoms with van der Waals surface area (Å²) in [5.74, 6) is -0.221. The van der Waals surface area contributed by atoms with Crippen LogP contribution in [0, 0.1) is 0 Å². The van der Waals surface area contributed by atoms with Crippen molar-refractivity contribution in [2.45, 2.75) is 5.51 Å². The average Bonchev–Trinajstić information content (AvgIpc) is 2.19. The lowest BCUT2D eigenvalue weighted by Gasteiger charge is -2.08. The van der Waals surface area contributed by atoms with Crippen molar-refractivity contribution in [3.05, 3.63) is 29.3 Å². The van der Waals surface area contributed by atoms with E-state index >= 15 is 0 Å². The molecule has 0 saturated heterocycles.